The molecule has 1 aromatic rings. The maximum absolute atomic E-state index is 4.24. The van der Waals surface area contributed by atoms with Crippen molar-refractivity contribution in [2.45, 2.75) is 13.8 Å². The quantitative estimate of drug-likeness (QED) is 0.526. The molecule has 1 rings (SSSR count). The molecule has 0 saturated carbocycles. The normalized spacial score (nSPS) is 12.7. The van der Waals surface area contributed by atoms with Gasteiger partial charge in [0.2, 0.25) is 0 Å². The molecule has 14 heavy (non-hydrogen) atoms. The number of allylic oxidation sites excluding steroid dienone is 4. The van der Waals surface area contributed by atoms with E-state index in [0.717, 1.165) is 17.0 Å². The van der Waals surface area contributed by atoms with E-state index in [2.05, 4.69) is 16.7 Å². The van der Waals surface area contributed by atoms with Gasteiger partial charge in [0.15, 0.2) is 0 Å². The molecule has 0 saturated heterocycles. The lowest BCUT2D eigenvalue weighted by atomic mass is 10.2. The van der Waals surface area contributed by atoms with Crippen LogP contribution in [-0.4, -0.2) is 11.7 Å². The summed E-state index contributed by atoms with van der Waals surface area (Å²) in [5.74, 6) is 0. The first-order chi connectivity index (χ1) is 6.74. The van der Waals surface area contributed by atoms with Crippen LogP contribution in [0, 0.1) is 0 Å². The summed E-state index contributed by atoms with van der Waals surface area (Å²) in [6.45, 7) is 7.38. The highest BCUT2D eigenvalue weighted by Gasteiger charge is 1.92. The van der Waals surface area contributed by atoms with Crippen LogP contribution in [0.3, 0.4) is 0 Å². The minimum absolute atomic E-state index is 0.903. The molecular weight excluding hydrogens is 172 g/mol. The van der Waals surface area contributed by atoms with Crippen molar-refractivity contribution < 1.29 is 0 Å². The van der Waals surface area contributed by atoms with Crippen LogP contribution < -0.4 is 0 Å². The zero-order valence-electron chi connectivity index (χ0n) is 8.57. The van der Waals surface area contributed by atoms with Crippen molar-refractivity contribution in [2.75, 3.05) is 0 Å². The van der Waals surface area contributed by atoms with Crippen LogP contribution in [0.1, 0.15) is 19.5 Å². The number of hydrogen-bond donors (Lipinski definition) is 0. The van der Waals surface area contributed by atoms with Crippen LogP contribution in [0.4, 0.5) is 0 Å². The van der Waals surface area contributed by atoms with Crippen molar-refractivity contribution in [3.63, 3.8) is 0 Å². The molecule has 1 heterocycles. The van der Waals surface area contributed by atoms with Crippen LogP contribution in [0.2, 0.25) is 0 Å². The second kappa shape index (κ2) is 5.12. The Morgan fingerprint density at radius 3 is 2.71 bits per heavy atom. The topological polar surface area (TPSA) is 25.2 Å². The Morgan fingerprint density at radius 2 is 2.14 bits per heavy atom. The second-order valence-electron chi connectivity index (χ2n) is 3.03. The predicted octanol–water partition coefficient (Wildman–Crippen LogP) is 3.09. The number of pyridine rings is 1. The lowest BCUT2D eigenvalue weighted by Gasteiger charge is -1.97. The number of hydrogen-bond acceptors (Lipinski definition) is 2. The third-order valence-electron chi connectivity index (χ3n) is 1.89. The fourth-order valence-corrected chi connectivity index (χ4v) is 0.980. The van der Waals surface area contributed by atoms with E-state index in [1.165, 1.54) is 0 Å². The molecule has 0 aliphatic carbocycles. The van der Waals surface area contributed by atoms with E-state index < -0.39 is 0 Å². The maximum atomic E-state index is 4.24. The lowest BCUT2D eigenvalue weighted by Crippen LogP contribution is -1.82. The largest absolute Gasteiger partial charge is 0.269 e. The summed E-state index contributed by atoms with van der Waals surface area (Å²) in [6.07, 6.45) is 5.71. The Kier molecular flexibility index (Phi) is 3.80. The number of aromatic nitrogens is 1. The van der Waals surface area contributed by atoms with E-state index in [0.29, 0.717) is 0 Å². The van der Waals surface area contributed by atoms with Gasteiger partial charge in [-0.05, 0) is 44.3 Å². The first-order valence-corrected chi connectivity index (χ1v) is 4.47. The summed E-state index contributed by atoms with van der Waals surface area (Å²) in [7, 11) is 0. The van der Waals surface area contributed by atoms with Crippen LogP contribution in [0.15, 0.2) is 47.2 Å². The van der Waals surface area contributed by atoms with E-state index in [1.54, 1.807) is 6.20 Å². The molecule has 0 radical (unpaired) electrons. The molecule has 0 N–H and O–H groups in total. The minimum atomic E-state index is 0.903. The summed E-state index contributed by atoms with van der Waals surface area (Å²) in [5.41, 5.74) is 3.01. The van der Waals surface area contributed by atoms with Crippen molar-refractivity contribution in [1.29, 1.82) is 0 Å². The van der Waals surface area contributed by atoms with E-state index in [9.17, 15) is 0 Å². The van der Waals surface area contributed by atoms with Gasteiger partial charge in [-0.1, -0.05) is 12.1 Å². The molecule has 0 fully saturated rings. The zero-order valence-corrected chi connectivity index (χ0v) is 8.57. The minimum Gasteiger partial charge on any atom is -0.269 e. The van der Waals surface area contributed by atoms with Gasteiger partial charge in [-0.2, -0.15) is 0 Å². The number of aliphatic imine (C=N–C) groups is 1. The van der Waals surface area contributed by atoms with Gasteiger partial charge in [0, 0.05) is 11.9 Å². The van der Waals surface area contributed by atoms with Gasteiger partial charge in [0.05, 0.1) is 5.69 Å². The summed E-state index contributed by atoms with van der Waals surface area (Å²) in [4.78, 5) is 8.04. The summed E-state index contributed by atoms with van der Waals surface area (Å²) in [6, 6.07) is 5.86. The first-order valence-electron chi connectivity index (χ1n) is 4.47. The second-order valence-corrected chi connectivity index (χ2v) is 3.03. The molecule has 0 bridgehead atoms. The smallest absolute Gasteiger partial charge is 0.0658 e. The number of rotatable bonds is 3. The van der Waals surface area contributed by atoms with Crippen LogP contribution in [0.5, 0.6) is 0 Å². The number of nitrogens with zero attached hydrogens (tertiary/aromatic N) is 2. The first kappa shape index (κ1) is 10.4. The molecule has 1 aromatic heterocycles. The highest BCUT2D eigenvalue weighted by atomic mass is 14.7. The van der Waals surface area contributed by atoms with Gasteiger partial charge in [-0.15, -0.1) is 0 Å². The van der Waals surface area contributed by atoms with Gasteiger partial charge in [0.25, 0.3) is 0 Å². The molecule has 2 nitrogen and oxygen atoms in total. The van der Waals surface area contributed by atoms with E-state index in [-0.39, 0.29) is 0 Å². The lowest BCUT2D eigenvalue weighted by molar-refractivity contribution is 1.26. The molecular formula is C12H14N2. The summed E-state index contributed by atoms with van der Waals surface area (Å²) >= 11 is 0. The van der Waals surface area contributed by atoms with Gasteiger partial charge in [-0.25, -0.2) is 0 Å². The predicted molar refractivity (Wildman–Crippen MR) is 61.2 cm³/mol. The SMILES string of the molecule is C=N/C(C)=C\C=C(/C)c1ccccn1. The van der Waals surface area contributed by atoms with Gasteiger partial charge in [-0.3, -0.25) is 9.98 Å². The Balaban J connectivity index is 2.86. The average molecular weight is 186 g/mol. The molecule has 0 aromatic carbocycles. The molecule has 0 atom stereocenters. The van der Waals surface area contributed by atoms with Crippen molar-refractivity contribution in [1.82, 2.24) is 4.98 Å². The van der Waals surface area contributed by atoms with E-state index in [4.69, 9.17) is 0 Å². The fraction of sp³-hybridized carbons (Fsp3) is 0.167. The summed E-state index contributed by atoms with van der Waals surface area (Å²) < 4.78 is 0. The van der Waals surface area contributed by atoms with Gasteiger partial charge >= 0.3 is 0 Å². The third kappa shape index (κ3) is 2.98. The average Bonchev–Trinajstić information content (AvgIpc) is 2.26. The van der Waals surface area contributed by atoms with Gasteiger partial charge < -0.3 is 0 Å². The molecule has 0 amide bonds. The Labute approximate surface area is 84.7 Å². The molecule has 0 spiro atoms. The fourth-order valence-electron chi connectivity index (χ4n) is 0.980. The Hall–Kier alpha value is -1.70. The Bertz CT molecular complexity index is 361. The van der Waals surface area contributed by atoms with E-state index in [1.807, 2.05) is 44.2 Å². The highest BCUT2D eigenvalue weighted by Crippen LogP contribution is 2.10. The zero-order chi connectivity index (χ0) is 10.4. The standard InChI is InChI=1S/C12H14N2/c1-10(7-8-11(2)13-3)12-6-4-5-9-14-12/h4-9H,3H2,1-2H3/b10-7+,11-8-. The highest BCUT2D eigenvalue weighted by molar-refractivity contribution is 5.62. The van der Waals surface area contributed by atoms with Crippen molar-refractivity contribution in [3.8, 4) is 0 Å². The van der Waals surface area contributed by atoms with Crippen LogP contribution >= 0.6 is 0 Å². The molecule has 0 aliphatic heterocycles. The maximum Gasteiger partial charge on any atom is 0.0658 e. The molecule has 72 valence electrons. The molecule has 0 unspecified atom stereocenters. The summed E-state index contributed by atoms with van der Waals surface area (Å²) in [5, 5.41) is 0. The molecule has 0 aliphatic rings. The Morgan fingerprint density at radius 1 is 1.36 bits per heavy atom. The van der Waals surface area contributed by atoms with Crippen molar-refractivity contribution in [2.24, 2.45) is 4.99 Å². The van der Waals surface area contributed by atoms with Gasteiger partial charge in [0.1, 0.15) is 0 Å². The van der Waals surface area contributed by atoms with E-state index >= 15 is 0 Å². The monoisotopic (exact) mass is 186 g/mol. The molecule has 2 heteroatoms. The van der Waals surface area contributed by atoms with Crippen LogP contribution in [0.25, 0.3) is 5.57 Å². The van der Waals surface area contributed by atoms with Crippen molar-refractivity contribution >= 4 is 12.3 Å². The third-order valence-corrected chi connectivity index (χ3v) is 1.89. The van der Waals surface area contributed by atoms with Crippen LogP contribution in [-0.2, 0) is 0 Å². The van der Waals surface area contributed by atoms with Crippen molar-refractivity contribution in [3.05, 3.63) is 47.9 Å².